The number of benzene rings is 1. The lowest BCUT2D eigenvalue weighted by molar-refractivity contribution is 0.0602. The Labute approximate surface area is 118 Å². The minimum Gasteiger partial charge on any atom is -0.396 e. The summed E-state index contributed by atoms with van der Waals surface area (Å²) >= 11 is 0. The van der Waals surface area contributed by atoms with Crippen molar-refractivity contribution in [1.82, 2.24) is 4.90 Å². The highest BCUT2D eigenvalue weighted by atomic mass is 16.3. The lowest BCUT2D eigenvalue weighted by atomic mass is 9.96. The first-order chi connectivity index (χ1) is 9.61. The summed E-state index contributed by atoms with van der Waals surface area (Å²) in [7, 11) is 0. The molecule has 2 unspecified atom stereocenters. The zero-order valence-electron chi connectivity index (χ0n) is 11.6. The molecule has 1 aromatic carbocycles. The molecule has 1 saturated carbocycles. The molecular formula is C16H19NO3. The molecule has 1 aliphatic heterocycles. The van der Waals surface area contributed by atoms with E-state index in [0.717, 1.165) is 24.8 Å². The molecular weight excluding hydrogens is 254 g/mol. The minimum atomic E-state index is -0.186. The van der Waals surface area contributed by atoms with Crippen molar-refractivity contribution in [1.29, 1.82) is 0 Å². The van der Waals surface area contributed by atoms with Gasteiger partial charge in [0, 0.05) is 13.2 Å². The number of amides is 2. The zero-order chi connectivity index (χ0) is 14.3. The molecule has 4 nitrogen and oxygen atoms in total. The molecule has 2 amide bonds. The fraction of sp³-hybridized carbons (Fsp3) is 0.500. The van der Waals surface area contributed by atoms with Gasteiger partial charge in [0.05, 0.1) is 11.1 Å². The maximum absolute atomic E-state index is 12.4. The summed E-state index contributed by atoms with van der Waals surface area (Å²) in [6, 6.07) is 5.39. The standard InChI is InChI=1S/C16H19NO3/c1-10-5-6-13-14(7-10)16(20)17(15(13)19)8-11-3-2-4-12(11)9-18/h5-7,11-12,18H,2-4,8-9H2,1H3. The van der Waals surface area contributed by atoms with Gasteiger partial charge in [-0.1, -0.05) is 18.1 Å². The van der Waals surface area contributed by atoms with Gasteiger partial charge in [0.2, 0.25) is 0 Å². The monoisotopic (exact) mass is 273 g/mol. The Kier molecular flexibility index (Phi) is 3.34. The molecule has 1 heterocycles. The maximum atomic E-state index is 12.4. The second-order valence-electron chi connectivity index (χ2n) is 5.90. The first-order valence-electron chi connectivity index (χ1n) is 7.19. The largest absolute Gasteiger partial charge is 0.396 e. The molecule has 0 radical (unpaired) electrons. The third-order valence-electron chi connectivity index (χ3n) is 4.59. The molecule has 1 N–H and O–H groups in total. The van der Waals surface area contributed by atoms with Crippen LogP contribution in [0, 0.1) is 18.8 Å². The Balaban J connectivity index is 1.83. The zero-order valence-corrected chi connectivity index (χ0v) is 11.6. The summed E-state index contributed by atoms with van der Waals surface area (Å²) in [4.78, 5) is 26.1. The predicted octanol–water partition coefficient (Wildman–Crippen LogP) is 2.00. The third kappa shape index (κ3) is 2.04. The number of hydrogen-bond acceptors (Lipinski definition) is 3. The number of hydrogen-bond donors (Lipinski definition) is 1. The molecule has 0 aromatic heterocycles. The van der Waals surface area contributed by atoms with Crippen molar-refractivity contribution < 1.29 is 14.7 Å². The van der Waals surface area contributed by atoms with Gasteiger partial charge >= 0.3 is 0 Å². The van der Waals surface area contributed by atoms with Gasteiger partial charge in [0.25, 0.3) is 11.8 Å². The van der Waals surface area contributed by atoms with E-state index in [1.165, 1.54) is 4.90 Å². The van der Waals surface area contributed by atoms with E-state index in [1.54, 1.807) is 12.1 Å². The highest BCUT2D eigenvalue weighted by molar-refractivity contribution is 6.21. The van der Waals surface area contributed by atoms with Crippen molar-refractivity contribution in [3.8, 4) is 0 Å². The van der Waals surface area contributed by atoms with Crippen LogP contribution in [-0.2, 0) is 0 Å². The smallest absolute Gasteiger partial charge is 0.261 e. The van der Waals surface area contributed by atoms with Gasteiger partial charge < -0.3 is 5.11 Å². The Morgan fingerprint density at radius 3 is 2.60 bits per heavy atom. The van der Waals surface area contributed by atoms with E-state index in [-0.39, 0.29) is 30.3 Å². The van der Waals surface area contributed by atoms with Crippen LogP contribution in [0.4, 0.5) is 0 Å². The van der Waals surface area contributed by atoms with Crippen molar-refractivity contribution in [2.75, 3.05) is 13.2 Å². The highest BCUT2D eigenvalue weighted by Crippen LogP contribution is 2.34. The van der Waals surface area contributed by atoms with E-state index in [9.17, 15) is 14.7 Å². The van der Waals surface area contributed by atoms with Crippen LogP contribution >= 0.6 is 0 Å². The van der Waals surface area contributed by atoms with E-state index in [1.807, 2.05) is 13.0 Å². The minimum absolute atomic E-state index is 0.146. The summed E-state index contributed by atoms with van der Waals surface area (Å²) < 4.78 is 0. The summed E-state index contributed by atoms with van der Waals surface area (Å²) in [5.41, 5.74) is 2.02. The number of fused-ring (bicyclic) bond motifs is 1. The number of carbonyl (C=O) groups is 2. The molecule has 1 fully saturated rings. The summed E-state index contributed by atoms with van der Waals surface area (Å²) in [5.74, 6) is 0.0928. The van der Waals surface area contributed by atoms with Gasteiger partial charge in [0.15, 0.2) is 0 Å². The molecule has 1 aliphatic carbocycles. The number of aliphatic hydroxyl groups is 1. The number of nitrogens with zero attached hydrogens (tertiary/aromatic N) is 1. The van der Waals surface area contributed by atoms with Gasteiger partial charge in [-0.3, -0.25) is 14.5 Å². The van der Waals surface area contributed by atoms with E-state index in [2.05, 4.69) is 0 Å². The fourth-order valence-corrected chi connectivity index (χ4v) is 3.40. The Morgan fingerprint density at radius 2 is 1.85 bits per heavy atom. The van der Waals surface area contributed by atoms with Crippen molar-refractivity contribution in [3.63, 3.8) is 0 Å². The average Bonchev–Trinajstić information content (AvgIpc) is 2.98. The molecule has 0 saturated heterocycles. The van der Waals surface area contributed by atoms with Gasteiger partial charge in [-0.25, -0.2) is 0 Å². The maximum Gasteiger partial charge on any atom is 0.261 e. The van der Waals surface area contributed by atoms with E-state index in [0.29, 0.717) is 17.7 Å². The normalized spacial score (nSPS) is 25.4. The van der Waals surface area contributed by atoms with Crippen molar-refractivity contribution in [2.45, 2.75) is 26.2 Å². The van der Waals surface area contributed by atoms with Crippen molar-refractivity contribution in [3.05, 3.63) is 34.9 Å². The SMILES string of the molecule is Cc1ccc2c(c1)C(=O)N(CC1CCCC1CO)C2=O. The molecule has 4 heteroatoms. The van der Waals surface area contributed by atoms with Crippen LogP contribution in [0.1, 0.15) is 45.5 Å². The Hall–Kier alpha value is -1.68. The molecule has 2 aliphatic rings. The molecule has 1 aromatic rings. The van der Waals surface area contributed by atoms with Crippen molar-refractivity contribution >= 4 is 11.8 Å². The van der Waals surface area contributed by atoms with E-state index < -0.39 is 0 Å². The number of imide groups is 1. The molecule has 106 valence electrons. The fourth-order valence-electron chi connectivity index (χ4n) is 3.40. The summed E-state index contributed by atoms with van der Waals surface area (Å²) in [6.07, 6.45) is 3.04. The lowest BCUT2D eigenvalue weighted by Gasteiger charge is -2.22. The van der Waals surface area contributed by atoms with Crippen LogP contribution in [0.25, 0.3) is 0 Å². The van der Waals surface area contributed by atoms with Gasteiger partial charge in [-0.2, -0.15) is 0 Å². The number of carbonyl (C=O) groups excluding carboxylic acids is 2. The number of aliphatic hydroxyl groups excluding tert-OH is 1. The first-order valence-corrected chi connectivity index (χ1v) is 7.19. The topological polar surface area (TPSA) is 57.6 Å². The van der Waals surface area contributed by atoms with E-state index >= 15 is 0 Å². The van der Waals surface area contributed by atoms with E-state index in [4.69, 9.17) is 0 Å². The summed E-state index contributed by atoms with van der Waals surface area (Å²) in [5, 5.41) is 9.36. The second kappa shape index (κ2) is 5.02. The predicted molar refractivity (Wildman–Crippen MR) is 74.5 cm³/mol. The van der Waals surface area contributed by atoms with Crippen molar-refractivity contribution in [2.24, 2.45) is 11.8 Å². The van der Waals surface area contributed by atoms with Gasteiger partial charge in [-0.05, 0) is 43.7 Å². The van der Waals surface area contributed by atoms with Gasteiger partial charge in [-0.15, -0.1) is 0 Å². The number of rotatable bonds is 3. The average molecular weight is 273 g/mol. The lowest BCUT2D eigenvalue weighted by Crippen LogP contribution is -2.36. The quantitative estimate of drug-likeness (QED) is 0.857. The van der Waals surface area contributed by atoms with Gasteiger partial charge in [0.1, 0.15) is 0 Å². The molecule has 0 spiro atoms. The van der Waals surface area contributed by atoms with Crippen LogP contribution in [0.15, 0.2) is 18.2 Å². The summed E-state index contributed by atoms with van der Waals surface area (Å²) in [6.45, 7) is 2.50. The van der Waals surface area contributed by atoms with Crippen LogP contribution in [0.5, 0.6) is 0 Å². The first kappa shape index (κ1) is 13.3. The molecule has 3 rings (SSSR count). The Morgan fingerprint density at radius 1 is 1.15 bits per heavy atom. The third-order valence-corrected chi connectivity index (χ3v) is 4.59. The second-order valence-corrected chi connectivity index (χ2v) is 5.90. The van der Waals surface area contributed by atoms with Crippen LogP contribution in [-0.4, -0.2) is 35.0 Å². The Bertz CT molecular complexity index is 567. The molecule has 20 heavy (non-hydrogen) atoms. The van der Waals surface area contributed by atoms with Crippen LogP contribution in [0.3, 0.4) is 0 Å². The van der Waals surface area contributed by atoms with Crippen LogP contribution in [0.2, 0.25) is 0 Å². The van der Waals surface area contributed by atoms with Crippen LogP contribution < -0.4 is 0 Å². The molecule has 0 bridgehead atoms. The number of aryl methyl sites for hydroxylation is 1. The highest BCUT2D eigenvalue weighted by Gasteiger charge is 2.38. The molecule has 2 atom stereocenters.